The molecule has 3 aromatic rings. The van der Waals surface area contributed by atoms with Crippen molar-refractivity contribution in [1.82, 2.24) is 15.0 Å². The Morgan fingerprint density at radius 1 is 1.19 bits per heavy atom. The van der Waals surface area contributed by atoms with Gasteiger partial charge in [0.05, 0.1) is 0 Å². The minimum atomic E-state index is -0.203. The molecule has 0 N–H and O–H groups in total. The van der Waals surface area contributed by atoms with Crippen molar-refractivity contribution >= 4 is 17.5 Å². The fourth-order valence-corrected chi connectivity index (χ4v) is 3.70. The summed E-state index contributed by atoms with van der Waals surface area (Å²) in [6, 6.07) is 14.8. The lowest BCUT2D eigenvalue weighted by atomic mass is 9.99. The van der Waals surface area contributed by atoms with Crippen LogP contribution in [0.1, 0.15) is 47.1 Å². The van der Waals surface area contributed by atoms with Gasteiger partial charge in [-0.25, -0.2) is 0 Å². The number of halogens is 1. The molecule has 1 aliphatic rings. The highest BCUT2D eigenvalue weighted by Gasteiger charge is 2.33. The number of likely N-dealkylation sites (tertiary alicyclic amines) is 1. The van der Waals surface area contributed by atoms with Gasteiger partial charge in [0.25, 0.3) is 5.91 Å². The standard InChI is InChI=1S/C21H20ClN3O2/c1-14-7-2-3-10-17(14)21(26)25-12-5-4-11-18(25)20-23-19(24-27-20)15-8-6-9-16(22)13-15/h2-3,6-10,13,18H,4-5,11-12H2,1H3. The molecule has 1 aromatic heterocycles. The summed E-state index contributed by atoms with van der Waals surface area (Å²) in [7, 11) is 0. The summed E-state index contributed by atoms with van der Waals surface area (Å²) in [5.41, 5.74) is 2.49. The zero-order valence-corrected chi connectivity index (χ0v) is 15.8. The second kappa shape index (κ2) is 7.53. The molecule has 27 heavy (non-hydrogen) atoms. The van der Waals surface area contributed by atoms with Crippen LogP contribution >= 0.6 is 11.6 Å². The van der Waals surface area contributed by atoms with E-state index in [0.717, 1.165) is 36.0 Å². The van der Waals surface area contributed by atoms with Crippen molar-refractivity contribution in [3.63, 3.8) is 0 Å². The molecule has 138 valence electrons. The molecule has 0 aliphatic carbocycles. The van der Waals surface area contributed by atoms with E-state index in [4.69, 9.17) is 16.1 Å². The Balaban J connectivity index is 1.64. The van der Waals surface area contributed by atoms with Gasteiger partial charge in [-0.3, -0.25) is 4.79 Å². The molecule has 1 saturated heterocycles. The minimum absolute atomic E-state index is 0.0142. The Morgan fingerprint density at radius 2 is 2.04 bits per heavy atom. The van der Waals surface area contributed by atoms with Gasteiger partial charge >= 0.3 is 0 Å². The third kappa shape index (κ3) is 3.60. The molecule has 1 fully saturated rings. The first kappa shape index (κ1) is 17.7. The van der Waals surface area contributed by atoms with Crippen molar-refractivity contribution in [2.75, 3.05) is 6.54 Å². The van der Waals surface area contributed by atoms with E-state index in [1.807, 2.05) is 48.2 Å². The summed E-state index contributed by atoms with van der Waals surface area (Å²) in [5, 5.41) is 4.72. The first-order valence-corrected chi connectivity index (χ1v) is 9.47. The van der Waals surface area contributed by atoms with Crippen LogP contribution in [0.15, 0.2) is 53.1 Å². The lowest BCUT2D eigenvalue weighted by Crippen LogP contribution is -2.39. The molecule has 4 rings (SSSR count). The zero-order valence-electron chi connectivity index (χ0n) is 15.1. The van der Waals surface area contributed by atoms with Crippen LogP contribution in [-0.2, 0) is 0 Å². The van der Waals surface area contributed by atoms with Crippen LogP contribution in [0.5, 0.6) is 0 Å². The molecular weight excluding hydrogens is 362 g/mol. The van der Waals surface area contributed by atoms with Crippen molar-refractivity contribution in [3.8, 4) is 11.4 Å². The Bertz CT molecular complexity index is 969. The number of carbonyl (C=O) groups is 1. The second-order valence-electron chi connectivity index (χ2n) is 6.79. The fraction of sp³-hybridized carbons (Fsp3) is 0.286. The molecule has 1 aliphatic heterocycles. The summed E-state index contributed by atoms with van der Waals surface area (Å²) in [6.45, 7) is 2.64. The van der Waals surface area contributed by atoms with Gasteiger partial charge in [-0.05, 0) is 49.9 Å². The molecule has 1 amide bonds. The molecular formula is C21H20ClN3O2. The molecule has 1 atom stereocenters. The van der Waals surface area contributed by atoms with Crippen LogP contribution in [0.4, 0.5) is 0 Å². The lowest BCUT2D eigenvalue weighted by molar-refractivity contribution is 0.0560. The molecule has 0 saturated carbocycles. The predicted molar refractivity (Wildman–Crippen MR) is 104 cm³/mol. The van der Waals surface area contributed by atoms with Crippen molar-refractivity contribution in [2.24, 2.45) is 0 Å². The van der Waals surface area contributed by atoms with Gasteiger partial charge in [-0.1, -0.05) is 47.1 Å². The molecule has 1 unspecified atom stereocenters. The van der Waals surface area contributed by atoms with Gasteiger partial charge < -0.3 is 9.42 Å². The normalized spacial score (nSPS) is 17.1. The largest absolute Gasteiger partial charge is 0.337 e. The summed E-state index contributed by atoms with van der Waals surface area (Å²) in [6.07, 6.45) is 2.81. The van der Waals surface area contributed by atoms with Crippen molar-refractivity contribution < 1.29 is 9.32 Å². The van der Waals surface area contributed by atoms with Crippen LogP contribution in [0.2, 0.25) is 5.02 Å². The van der Waals surface area contributed by atoms with Crippen LogP contribution in [-0.4, -0.2) is 27.5 Å². The number of benzene rings is 2. The van der Waals surface area contributed by atoms with E-state index in [0.29, 0.717) is 23.3 Å². The van der Waals surface area contributed by atoms with E-state index in [1.165, 1.54) is 0 Å². The molecule has 2 heterocycles. The molecule has 0 spiro atoms. The number of hydrogen-bond donors (Lipinski definition) is 0. The van der Waals surface area contributed by atoms with Gasteiger partial charge in [0, 0.05) is 22.7 Å². The summed E-state index contributed by atoms with van der Waals surface area (Å²) < 4.78 is 5.55. The minimum Gasteiger partial charge on any atom is -0.337 e. The number of rotatable bonds is 3. The molecule has 5 nitrogen and oxygen atoms in total. The summed E-state index contributed by atoms with van der Waals surface area (Å²) in [4.78, 5) is 19.6. The zero-order chi connectivity index (χ0) is 18.8. The molecule has 0 bridgehead atoms. The maximum absolute atomic E-state index is 13.1. The van der Waals surface area contributed by atoms with Crippen molar-refractivity contribution in [3.05, 3.63) is 70.6 Å². The maximum atomic E-state index is 13.1. The SMILES string of the molecule is Cc1ccccc1C(=O)N1CCCCC1c1nc(-c2cccc(Cl)c2)no1. The van der Waals surface area contributed by atoms with Crippen molar-refractivity contribution in [2.45, 2.75) is 32.2 Å². The topological polar surface area (TPSA) is 59.2 Å². The Kier molecular flexibility index (Phi) is 4.94. The van der Waals surface area contributed by atoms with Crippen molar-refractivity contribution in [1.29, 1.82) is 0 Å². The van der Waals surface area contributed by atoms with E-state index in [9.17, 15) is 4.79 Å². The quantitative estimate of drug-likeness (QED) is 0.635. The van der Waals surface area contributed by atoms with Gasteiger partial charge in [0.15, 0.2) is 0 Å². The highest BCUT2D eigenvalue weighted by molar-refractivity contribution is 6.30. The van der Waals surface area contributed by atoms with Crippen LogP contribution in [0, 0.1) is 6.92 Å². The molecule has 6 heteroatoms. The van der Waals surface area contributed by atoms with E-state index in [1.54, 1.807) is 12.1 Å². The number of carbonyl (C=O) groups excluding carboxylic acids is 1. The number of amides is 1. The lowest BCUT2D eigenvalue weighted by Gasteiger charge is -2.33. The average Bonchev–Trinajstić information content (AvgIpc) is 3.18. The molecule has 2 aromatic carbocycles. The highest BCUT2D eigenvalue weighted by Crippen LogP contribution is 2.33. The monoisotopic (exact) mass is 381 g/mol. The number of aryl methyl sites for hydroxylation is 1. The van der Waals surface area contributed by atoms with Gasteiger partial charge in [0.1, 0.15) is 6.04 Å². The third-order valence-corrected chi connectivity index (χ3v) is 5.18. The Hall–Kier alpha value is -2.66. The predicted octanol–water partition coefficient (Wildman–Crippen LogP) is 5.07. The number of hydrogen-bond acceptors (Lipinski definition) is 4. The maximum Gasteiger partial charge on any atom is 0.254 e. The van der Waals surface area contributed by atoms with Crippen LogP contribution in [0.25, 0.3) is 11.4 Å². The third-order valence-electron chi connectivity index (χ3n) is 4.95. The molecule has 0 radical (unpaired) electrons. The van der Waals surface area contributed by atoms with Crippen LogP contribution < -0.4 is 0 Å². The van der Waals surface area contributed by atoms with Gasteiger partial charge in [-0.15, -0.1) is 0 Å². The summed E-state index contributed by atoms with van der Waals surface area (Å²) in [5.74, 6) is 0.980. The summed E-state index contributed by atoms with van der Waals surface area (Å²) >= 11 is 6.06. The second-order valence-corrected chi connectivity index (χ2v) is 7.23. The number of aromatic nitrogens is 2. The average molecular weight is 382 g/mol. The van der Waals surface area contributed by atoms with E-state index in [-0.39, 0.29) is 11.9 Å². The van der Waals surface area contributed by atoms with Crippen LogP contribution in [0.3, 0.4) is 0 Å². The number of nitrogens with zero attached hydrogens (tertiary/aromatic N) is 3. The number of piperidine rings is 1. The first-order valence-electron chi connectivity index (χ1n) is 9.09. The fourth-order valence-electron chi connectivity index (χ4n) is 3.51. The highest BCUT2D eigenvalue weighted by atomic mass is 35.5. The van der Waals surface area contributed by atoms with E-state index >= 15 is 0 Å². The van der Waals surface area contributed by atoms with E-state index in [2.05, 4.69) is 10.1 Å². The Labute approximate surface area is 163 Å². The van der Waals surface area contributed by atoms with E-state index < -0.39 is 0 Å². The Morgan fingerprint density at radius 3 is 2.85 bits per heavy atom. The van der Waals surface area contributed by atoms with Gasteiger partial charge in [-0.2, -0.15) is 4.98 Å². The first-order chi connectivity index (χ1) is 13.1. The smallest absolute Gasteiger partial charge is 0.254 e. The van der Waals surface area contributed by atoms with Gasteiger partial charge in [0.2, 0.25) is 11.7 Å².